The molecule has 0 spiro atoms. The SMILES string of the molecule is N#CCc1cc(NCc2csc(=O)[nH]2)ccc1N. The number of rotatable bonds is 4. The lowest BCUT2D eigenvalue weighted by atomic mass is 10.1. The summed E-state index contributed by atoms with van der Waals surface area (Å²) >= 11 is 1.14. The summed E-state index contributed by atoms with van der Waals surface area (Å²) in [5.74, 6) is 0. The maximum absolute atomic E-state index is 11.0. The van der Waals surface area contributed by atoms with Crippen LogP contribution in [0.4, 0.5) is 11.4 Å². The van der Waals surface area contributed by atoms with Crippen molar-refractivity contribution in [2.24, 2.45) is 0 Å². The first-order valence-electron chi connectivity index (χ1n) is 5.35. The number of aromatic nitrogens is 1. The molecule has 0 amide bonds. The van der Waals surface area contributed by atoms with Crippen LogP contribution in [-0.2, 0) is 13.0 Å². The highest BCUT2D eigenvalue weighted by Crippen LogP contribution is 2.18. The average Bonchev–Trinajstić information content (AvgIpc) is 2.76. The second-order valence-corrected chi connectivity index (χ2v) is 4.62. The highest BCUT2D eigenvalue weighted by atomic mass is 32.1. The molecule has 0 radical (unpaired) electrons. The Balaban J connectivity index is 2.08. The third-order valence-corrected chi connectivity index (χ3v) is 3.18. The number of nitrogens with two attached hydrogens (primary N) is 1. The van der Waals surface area contributed by atoms with E-state index < -0.39 is 0 Å². The van der Waals surface area contributed by atoms with Crippen molar-refractivity contribution in [1.29, 1.82) is 5.26 Å². The molecular formula is C12H12N4OS. The summed E-state index contributed by atoms with van der Waals surface area (Å²) in [6, 6.07) is 7.54. The van der Waals surface area contributed by atoms with Crippen molar-refractivity contribution in [1.82, 2.24) is 4.98 Å². The number of H-pyrrole nitrogens is 1. The molecule has 6 heteroatoms. The standard InChI is InChI=1S/C12H12N4OS/c13-4-3-8-5-9(1-2-11(8)14)15-6-10-7-18-12(17)16-10/h1-2,5,7,15H,3,6,14H2,(H,16,17). The molecule has 0 atom stereocenters. The Morgan fingerprint density at radius 3 is 3.00 bits per heavy atom. The van der Waals surface area contributed by atoms with Crippen LogP contribution in [0.1, 0.15) is 11.3 Å². The number of hydrogen-bond acceptors (Lipinski definition) is 5. The summed E-state index contributed by atoms with van der Waals surface area (Å²) in [5.41, 5.74) is 8.90. The van der Waals surface area contributed by atoms with Gasteiger partial charge in [0.05, 0.1) is 19.0 Å². The molecule has 2 rings (SSSR count). The largest absolute Gasteiger partial charge is 0.398 e. The zero-order valence-corrected chi connectivity index (χ0v) is 10.4. The number of nitrogens with one attached hydrogen (secondary N) is 2. The molecule has 1 aromatic heterocycles. The minimum atomic E-state index is -0.0609. The number of benzene rings is 1. The zero-order valence-electron chi connectivity index (χ0n) is 9.56. The van der Waals surface area contributed by atoms with Gasteiger partial charge in [-0.25, -0.2) is 0 Å². The van der Waals surface area contributed by atoms with Gasteiger partial charge in [0, 0.05) is 22.4 Å². The molecule has 0 aliphatic heterocycles. The number of anilines is 2. The Bertz CT molecular complexity index is 638. The molecule has 0 fully saturated rings. The van der Waals surface area contributed by atoms with Crippen LogP contribution in [0.2, 0.25) is 0 Å². The summed E-state index contributed by atoms with van der Waals surface area (Å²) in [7, 11) is 0. The molecule has 5 nitrogen and oxygen atoms in total. The van der Waals surface area contributed by atoms with Gasteiger partial charge in [-0.15, -0.1) is 0 Å². The molecule has 1 aromatic carbocycles. The fourth-order valence-corrected chi connectivity index (χ4v) is 2.13. The van der Waals surface area contributed by atoms with Crippen molar-refractivity contribution >= 4 is 22.7 Å². The maximum atomic E-state index is 11.0. The van der Waals surface area contributed by atoms with Gasteiger partial charge in [0.25, 0.3) is 0 Å². The summed E-state index contributed by atoms with van der Waals surface area (Å²) in [6.07, 6.45) is 0.288. The molecule has 2 aromatic rings. The van der Waals surface area contributed by atoms with E-state index in [-0.39, 0.29) is 11.3 Å². The van der Waals surface area contributed by atoms with Gasteiger partial charge in [0.1, 0.15) is 0 Å². The van der Waals surface area contributed by atoms with Crippen LogP contribution in [0.25, 0.3) is 0 Å². The average molecular weight is 260 g/mol. The first-order valence-corrected chi connectivity index (χ1v) is 6.23. The number of hydrogen-bond donors (Lipinski definition) is 3. The normalized spacial score (nSPS) is 9.94. The molecule has 0 unspecified atom stereocenters. The molecule has 0 aliphatic rings. The molecule has 18 heavy (non-hydrogen) atoms. The smallest absolute Gasteiger partial charge is 0.304 e. The van der Waals surface area contributed by atoms with Gasteiger partial charge >= 0.3 is 4.87 Å². The molecule has 0 saturated heterocycles. The van der Waals surface area contributed by atoms with Gasteiger partial charge in [-0.3, -0.25) is 4.79 Å². The second kappa shape index (κ2) is 5.38. The molecule has 4 N–H and O–H groups in total. The van der Waals surface area contributed by atoms with Crippen molar-refractivity contribution in [2.45, 2.75) is 13.0 Å². The van der Waals surface area contributed by atoms with Gasteiger partial charge in [-0.1, -0.05) is 11.3 Å². The lowest BCUT2D eigenvalue weighted by molar-refractivity contribution is 1.06. The van der Waals surface area contributed by atoms with Gasteiger partial charge in [0.2, 0.25) is 0 Å². The van der Waals surface area contributed by atoms with Crippen LogP contribution in [0.5, 0.6) is 0 Å². The fraction of sp³-hybridized carbons (Fsp3) is 0.167. The van der Waals surface area contributed by atoms with Crippen molar-refractivity contribution in [3.63, 3.8) is 0 Å². The van der Waals surface area contributed by atoms with E-state index in [0.29, 0.717) is 12.2 Å². The molecule has 92 valence electrons. The van der Waals surface area contributed by atoms with E-state index in [1.807, 2.05) is 12.1 Å². The van der Waals surface area contributed by atoms with Crippen LogP contribution in [0, 0.1) is 11.3 Å². The summed E-state index contributed by atoms with van der Waals surface area (Å²) in [6.45, 7) is 0.536. The number of nitrogen functional groups attached to an aromatic ring is 1. The number of thiazole rings is 1. The van der Waals surface area contributed by atoms with Gasteiger partial charge < -0.3 is 16.0 Å². The first kappa shape index (κ1) is 12.2. The Kier molecular flexibility index (Phi) is 3.65. The number of aromatic amines is 1. The van der Waals surface area contributed by atoms with Crippen LogP contribution in [0.15, 0.2) is 28.4 Å². The molecule has 0 aliphatic carbocycles. The van der Waals surface area contributed by atoms with Crippen LogP contribution >= 0.6 is 11.3 Å². The molecular weight excluding hydrogens is 248 g/mol. The lowest BCUT2D eigenvalue weighted by Crippen LogP contribution is -2.03. The maximum Gasteiger partial charge on any atom is 0.304 e. The van der Waals surface area contributed by atoms with Gasteiger partial charge in [0.15, 0.2) is 0 Å². The van der Waals surface area contributed by atoms with Gasteiger partial charge in [-0.05, 0) is 23.8 Å². The summed E-state index contributed by atoms with van der Waals surface area (Å²) in [5, 5.41) is 13.6. The fourth-order valence-electron chi connectivity index (χ4n) is 1.55. The second-order valence-electron chi connectivity index (χ2n) is 3.78. The van der Waals surface area contributed by atoms with E-state index in [1.54, 1.807) is 11.4 Å². The Hall–Kier alpha value is -2.26. The van der Waals surface area contributed by atoms with Crippen LogP contribution in [0.3, 0.4) is 0 Å². The van der Waals surface area contributed by atoms with Crippen LogP contribution in [-0.4, -0.2) is 4.98 Å². The molecule has 0 bridgehead atoms. The third-order valence-electron chi connectivity index (χ3n) is 2.47. The number of nitrogens with zero attached hydrogens (tertiary/aromatic N) is 1. The third kappa shape index (κ3) is 2.90. The van der Waals surface area contributed by atoms with E-state index in [9.17, 15) is 4.79 Å². The van der Waals surface area contributed by atoms with Crippen LogP contribution < -0.4 is 15.9 Å². The Morgan fingerprint density at radius 1 is 1.50 bits per heavy atom. The Morgan fingerprint density at radius 2 is 2.33 bits per heavy atom. The van der Waals surface area contributed by atoms with E-state index in [4.69, 9.17) is 11.0 Å². The highest BCUT2D eigenvalue weighted by molar-refractivity contribution is 7.07. The predicted molar refractivity (Wildman–Crippen MR) is 72.4 cm³/mol. The molecule has 0 saturated carbocycles. The highest BCUT2D eigenvalue weighted by Gasteiger charge is 2.02. The monoisotopic (exact) mass is 260 g/mol. The molecule has 1 heterocycles. The van der Waals surface area contributed by atoms with Crippen molar-refractivity contribution in [3.8, 4) is 6.07 Å². The lowest BCUT2D eigenvalue weighted by Gasteiger charge is -2.08. The van der Waals surface area contributed by atoms with E-state index in [0.717, 1.165) is 28.3 Å². The van der Waals surface area contributed by atoms with Crippen molar-refractivity contribution in [3.05, 3.63) is 44.5 Å². The summed E-state index contributed by atoms with van der Waals surface area (Å²) < 4.78 is 0. The predicted octanol–water partition coefficient (Wildman–Crippen LogP) is 1.70. The summed E-state index contributed by atoms with van der Waals surface area (Å²) in [4.78, 5) is 13.6. The van der Waals surface area contributed by atoms with Crippen molar-refractivity contribution in [2.75, 3.05) is 11.1 Å². The minimum absolute atomic E-state index is 0.0609. The zero-order chi connectivity index (χ0) is 13.0. The van der Waals surface area contributed by atoms with Crippen molar-refractivity contribution < 1.29 is 0 Å². The first-order chi connectivity index (χ1) is 8.69. The Labute approximate surface area is 108 Å². The quantitative estimate of drug-likeness (QED) is 0.729. The van der Waals surface area contributed by atoms with E-state index in [1.165, 1.54) is 0 Å². The van der Waals surface area contributed by atoms with E-state index >= 15 is 0 Å². The minimum Gasteiger partial charge on any atom is -0.398 e. The van der Waals surface area contributed by atoms with Gasteiger partial charge in [-0.2, -0.15) is 5.26 Å². The van der Waals surface area contributed by atoms with E-state index in [2.05, 4.69) is 16.4 Å². The number of nitriles is 1. The topological polar surface area (TPSA) is 94.7 Å².